The molecule has 1 aromatic carbocycles. The van der Waals surface area contributed by atoms with E-state index in [-0.39, 0.29) is 11.7 Å². The Labute approximate surface area is 183 Å². The number of thiophene rings is 1. The third-order valence-electron chi connectivity index (χ3n) is 5.21. The van der Waals surface area contributed by atoms with E-state index >= 15 is 0 Å². The first-order chi connectivity index (χ1) is 14.4. The second kappa shape index (κ2) is 8.61. The minimum Gasteiger partial charge on any atom is -0.365 e. The Bertz CT molecular complexity index is 1090. The molecule has 0 saturated heterocycles. The Morgan fingerprint density at radius 1 is 1.30 bits per heavy atom. The molecule has 1 atom stereocenters. The quantitative estimate of drug-likeness (QED) is 0.570. The summed E-state index contributed by atoms with van der Waals surface area (Å²) in [6.45, 7) is 2.20. The topological polar surface area (TPSA) is 103 Å². The second-order valence-corrected chi connectivity index (χ2v) is 9.54. The Balaban J connectivity index is 1.45. The van der Waals surface area contributed by atoms with E-state index in [2.05, 4.69) is 22.4 Å². The molecule has 2 aromatic heterocycles. The van der Waals surface area contributed by atoms with Gasteiger partial charge in [0.1, 0.15) is 5.00 Å². The predicted molar refractivity (Wildman–Crippen MR) is 120 cm³/mol. The summed E-state index contributed by atoms with van der Waals surface area (Å²) >= 11 is 2.78. The van der Waals surface area contributed by atoms with E-state index in [4.69, 9.17) is 5.73 Å². The van der Waals surface area contributed by atoms with E-state index in [0.29, 0.717) is 21.6 Å². The van der Waals surface area contributed by atoms with Gasteiger partial charge in [0.25, 0.3) is 5.91 Å². The third-order valence-corrected chi connectivity index (χ3v) is 7.40. The van der Waals surface area contributed by atoms with E-state index in [1.165, 1.54) is 23.1 Å². The van der Waals surface area contributed by atoms with Gasteiger partial charge in [0.15, 0.2) is 11.0 Å². The number of benzene rings is 1. The van der Waals surface area contributed by atoms with Crippen LogP contribution in [0.25, 0.3) is 11.4 Å². The molecule has 1 unspecified atom stereocenters. The molecule has 9 heteroatoms. The standard InChI is InChI=1S/C21H23N5O2S2/c1-12-8-9-14-15(10-12)30-20(17(14)18(22)28)23-16(27)11-29-21-25-24-19(26(21)2)13-6-4-3-5-7-13/h3-7,12H,8-11H2,1-2H3,(H2,22,28)(H,23,27). The molecular weight excluding hydrogens is 418 g/mol. The number of carbonyl (C=O) groups excluding carboxylic acids is 2. The highest BCUT2D eigenvalue weighted by molar-refractivity contribution is 7.99. The molecule has 0 spiro atoms. The van der Waals surface area contributed by atoms with Gasteiger partial charge in [0.05, 0.1) is 11.3 Å². The smallest absolute Gasteiger partial charge is 0.251 e. The van der Waals surface area contributed by atoms with Gasteiger partial charge in [-0.3, -0.25) is 9.59 Å². The molecule has 0 radical (unpaired) electrons. The van der Waals surface area contributed by atoms with Gasteiger partial charge < -0.3 is 15.6 Å². The largest absolute Gasteiger partial charge is 0.365 e. The van der Waals surface area contributed by atoms with E-state index in [9.17, 15) is 9.59 Å². The molecule has 4 rings (SSSR count). The molecule has 3 N–H and O–H groups in total. The van der Waals surface area contributed by atoms with Crippen LogP contribution in [0.2, 0.25) is 0 Å². The molecule has 1 aliphatic carbocycles. The number of nitrogens with two attached hydrogens (primary N) is 1. The summed E-state index contributed by atoms with van der Waals surface area (Å²) in [5.41, 5.74) is 8.08. The van der Waals surface area contributed by atoms with Crippen molar-refractivity contribution in [1.82, 2.24) is 14.8 Å². The number of primary amides is 1. The molecule has 0 fully saturated rings. The number of anilines is 1. The van der Waals surface area contributed by atoms with Crippen LogP contribution in [-0.2, 0) is 24.7 Å². The lowest BCUT2D eigenvalue weighted by Gasteiger charge is -2.18. The summed E-state index contributed by atoms with van der Waals surface area (Å²) < 4.78 is 1.87. The third kappa shape index (κ3) is 4.13. The van der Waals surface area contributed by atoms with Crippen LogP contribution in [-0.4, -0.2) is 32.3 Å². The Kier molecular flexibility index (Phi) is 5.92. The lowest BCUT2D eigenvalue weighted by Crippen LogP contribution is -2.20. The van der Waals surface area contributed by atoms with Crippen molar-refractivity contribution in [2.75, 3.05) is 11.1 Å². The Morgan fingerprint density at radius 2 is 2.07 bits per heavy atom. The van der Waals surface area contributed by atoms with Crippen LogP contribution in [0.1, 0.15) is 34.1 Å². The number of thioether (sulfide) groups is 1. The molecule has 2 amide bonds. The number of hydrogen-bond acceptors (Lipinski definition) is 6. The second-order valence-electron chi connectivity index (χ2n) is 7.49. The Morgan fingerprint density at radius 3 is 2.80 bits per heavy atom. The fraction of sp³-hybridized carbons (Fsp3) is 0.333. The first-order valence-corrected chi connectivity index (χ1v) is 11.6. The summed E-state index contributed by atoms with van der Waals surface area (Å²) in [5.74, 6) is 0.808. The molecular formula is C21H23N5O2S2. The monoisotopic (exact) mass is 441 g/mol. The number of nitrogens with zero attached hydrogens (tertiary/aromatic N) is 3. The van der Waals surface area contributed by atoms with Crippen LogP contribution in [0.15, 0.2) is 35.5 Å². The number of hydrogen-bond donors (Lipinski definition) is 2. The molecule has 3 aromatic rings. The summed E-state index contributed by atoms with van der Waals surface area (Å²) in [7, 11) is 1.88. The van der Waals surface area contributed by atoms with Crippen molar-refractivity contribution in [2.45, 2.75) is 31.3 Å². The van der Waals surface area contributed by atoms with Crippen LogP contribution in [0.5, 0.6) is 0 Å². The maximum Gasteiger partial charge on any atom is 0.251 e. The van der Waals surface area contributed by atoms with Crippen molar-refractivity contribution in [1.29, 1.82) is 0 Å². The molecule has 0 saturated carbocycles. The van der Waals surface area contributed by atoms with Gasteiger partial charge in [-0.25, -0.2) is 0 Å². The molecule has 1 aliphatic rings. The normalized spacial score (nSPS) is 15.6. The van der Waals surface area contributed by atoms with E-state index < -0.39 is 5.91 Å². The average Bonchev–Trinajstić information content (AvgIpc) is 3.26. The van der Waals surface area contributed by atoms with Gasteiger partial charge >= 0.3 is 0 Å². The predicted octanol–water partition coefficient (Wildman–Crippen LogP) is 3.50. The van der Waals surface area contributed by atoms with E-state index in [1.54, 1.807) is 0 Å². The minimum atomic E-state index is -0.481. The summed E-state index contributed by atoms with van der Waals surface area (Å²) in [6.07, 6.45) is 2.78. The first-order valence-electron chi connectivity index (χ1n) is 9.75. The van der Waals surface area contributed by atoms with Crippen LogP contribution in [0.3, 0.4) is 0 Å². The maximum atomic E-state index is 12.6. The van der Waals surface area contributed by atoms with Gasteiger partial charge in [0.2, 0.25) is 5.91 Å². The lowest BCUT2D eigenvalue weighted by molar-refractivity contribution is -0.113. The number of amides is 2. The maximum absolute atomic E-state index is 12.6. The van der Waals surface area contributed by atoms with Crippen molar-refractivity contribution in [3.8, 4) is 11.4 Å². The fourth-order valence-corrected chi connectivity index (χ4v) is 5.81. The van der Waals surface area contributed by atoms with Gasteiger partial charge in [0, 0.05) is 17.5 Å². The number of carbonyl (C=O) groups is 2. The van der Waals surface area contributed by atoms with Crippen LogP contribution in [0, 0.1) is 5.92 Å². The van der Waals surface area contributed by atoms with E-state index in [1.807, 2.05) is 41.9 Å². The highest BCUT2D eigenvalue weighted by Crippen LogP contribution is 2.39. The molecule has 7 nitrogen and oxygen atoms in total. The zero-order valence-electron chi connectivity index (χ0n) is 16.8. The molecule has 156 valence electrons. The van der Waals surface area contributed by atoms with Crippen molar-refractivity contribution in [3.63, 3.8) is 0 Å². The summed E-state index contributed by atoms with van der Waals surface area (Å²) in [4.78, 5) is 25.8. The van der Waals surface area contributed by atoms with Crippen LogP contribution >= 0.6 is 23.1 Å². The Hall–Kier alpha value is -2.65. The summed E-state index contributed by atoms with van der Waals surface area (Å²) in [5, 5.41) is 12.5. The van der Waals surface area contributed by atoms with Crippen molar-refractivity contribution in [2.24, 2.45) is 18.7 Å². The summed E-state index contributed by atoms with van der Waals surface area (Å²) in [6, 6.07) is 9.78. The zero-order valence-corrected chi connectivity index (χ0v) is 18.5. The highest BCUT2D eigenvalue weighted by atomic mass is 32.2. The number of rotatable bonds is 6. The zero-order chi connectivity index (χ0) is 21.3. The number of fused-ring (bicyclic) bond motifs is 1. The van der Waals surface area contributed by atoms with E-state index in [0.717, 1.165) is 41.1 Å². The van der Waals surface area contributed by atoms with Gasteiger partial charge in [-0.2, -0.15) is 0 Å². The molecule has 0 aliphatic heterocycles. The first kappa shape index (κ1) is 20.6. The van der Waals surface area contributed by atoms with Crippen molar-refractivity contribution >= 4 is 39.9 Å². The average molecular weight is 442 g/mol. The molecule has 0 bridgehead atoms. The molecule has 30 heavy (non-hydrogen) atoms. The van der Waals surface area contributed by atoms with Crippen LogP contribution < -0.4 is 11.1 Å². The molecule has 2 heterocycles. The van der Waals surface area contributed by atoms with Gasteiger partial charge in [-0.05, 0) is 30.7 Å². The van der Waals surface area contributed by atoms with Crippen molar-refractivity contribution in [3.05, 3.63) is 46.3 Å². The number of aromatic nitrogens is 3. The number of nitrogens with one attached hydrogen (secondary N) is 1. The SMILES string of the molecule is CC1CCc2c(sc(NC(=O)CSc3nnc(-c4ccccc4)n3C)c2C(N)=O)C1. The lowest BCUT2D eigenvalue weighted by atomic mass is 9.88. The highest BCUT2D eigenvalue weighted by Gasteiger charge is 2.27. The van der Waals surface area contributed by atoms with Gasteiger partial charge in [-0.15, -0.1) is 21.5 Å². The minimum absolute atomic E-state index is 0.165. The van der Waals surface area contributed by atoms with Crippen LogP contribution in [0.4, 0.5) is 5.00 Å². The fourth-order valence-electron chi connectivity index (χ4n) is 3.67. The van der Waals surface area contributed by atoms with Gasteiger partial charge in [-0.1, -0.05) is 49.0 Å². The van der Waals surface area contributed by atoms with Crippen molar-refractivity contribution < 1.29 is 9.59 Å².